The van der Waals surface area contributed by atoms with E-state index in [-0.39, 0.29) is 12.0 Å². The van der Waals surface area contributed by atoms with Gasteiger partial charge in [-0.05, 0) is 6.92 Å². The van der Waals surface area contributed by atoms with Crippen molar-refractivity contribution in [1.29, 1.82) is 0 Å². The summed E-state index contributed by atoms with van der Waals surface area (Å²) in [6.45, 7) is -0.292. The van der Waals surface area contributed by atoms with E-state index in [9.17, 15) is 48.9 Å². The maximum atomic E-state index is 12.2. The number of nitrogens with zero attached hydrogens (tertiary/aromatic N) is 1. The summed E-state index contributed by atoms with van der Waals surface area (Å²) in [6, 6.07) is 0. The van der Waals surface area contributed by atoms with Crippen LogP contribution in [0, 0.1) is 6.92 Å². The molecule has 0 aliphatic carbocycles. The van der Waals surface area contributed by atoms with Gasteiger partial charge in [0.05, 0.1) is 19.3 Å². The molecule has 36 heavy (non-hydrogen) atoms. The molecular formula is C16H27N3O15P2. The number of aromatic nitrogens is 2. The second-order valence-electron chi connectivity index (χ2n) is 8.21. The number of aryl methyl sites for hydroxylation is 1. The largest absolute Gasteiger partial charge is 0.483 e. The average Bonchev–Trinajstić information content (AvgIpc) is 3.11. The molecule has 2 aliphatic rings. The van der Waals surface area contributed by atoms with Gasteiger partial charge in [-0.15, -0.1) is 0 Å². The van der Waals surface area contributed by atoms with E-state index in [1.165, 1.54) is 13.1 Å². The fraction of sp³-hybridized carbons (Fsp3) is 0.750. The van der Waals surface area contributed by atoms with Crippen LogP contribution in [0.2, 0.25) is 0 Å². The highest BCUT2D eigenvalue weighted by atomic mass is 31.3. The molecule has 9 atom stereocenters. The molecular weight excluding hydrogens is 536 g/mol. The third-order valence-electron chi connectivity index (χ3n) is 5.47. The molecule has 3 heterocycles. The lowest BCUT2D eigenvalue weighted by Gasteiger charge is -2.42. The summed E-state index contributed by atoms with van der Waals surface area (Å²) in [6.07, 6.45) is -8.42. The number of hydrogen-bond acceptors (Lipinski definition) is 14. The molecule has 2 aliphatic heterocycles. The van der Waals surface area contributed by atoms with Gasteiger partial charge in [0.15, 0.2) is 12.0 Å². The minimum atomic E-state index is -5.40. The minimum Gasteiger partial charge on any atom is -0.393 e. The van der Waals surface area contributed by atoms with Crippen LogP contribution in [-0.4, -0.2) is 89.4 Å². The Morgan fingerprint density at radius 2 is 1.89 bits per heavy atom. The van der Waals surface area contributed by atoms with E-state index in [1.54, 1.807) is 0 Å². The zero-order chi connectivity index (χ0) is 27.1. The topological polar surface area (TPSA) is 283 Å². The van der Waals surface area contributed by atoms with Crippen LogP contribution in [0.5, 0.6) is 0 Å². The van der Waals surface area contributed by atoms with Gasteiger partial charge in [0, 0.05) is 24.6 Å². The molecule has 1 aromatic heterocycles. The number of aliphatic hydroxyl groups excluding tert-OH is 3. The number of ether oxygens (including phenoxy) is 2. The van der Waals surface area contributed by atoms with Crippen LogP contribution < -0.4 is 17.0 Å². The molecule has 206 valence electrons. The molecule has 2 saturated heterocycles. The monoisotopic (exact) mass is 563 g/mol. The number of hydrogen-bond donors (Lipinski definition) is 8. The highest BCUT2D eigenvalue weighted by Gasteiger charge is 2.50. The normalized spacial score (nSPS) is 36.3. The Morgan fingerprint density at radius 1 is 1.22 bits per heavy atom. The molecule has 0 amide bonds. The standard InChI is InChI=1S/C16H27N3O15P2/c1-7-4-19(15(24)18-14(7)23)12-2-8(21)9(31-12)6-30-35(26,27)34-36(28,29)33-13-3-10(22)16(17,25)11(5-20)32-13/h4,8-13,20-22,25H,2-3,5-6,17H2,1H3,(H,26,27)(H,28,29)(H,18,23,24)/t8-,9+,10+,11+,12+,13+,16-/m0/s1. The summed E-state index contributed by atoms with van der Waals surface area (Å²) in [5, 5.41) is 39.1. The Labute approximate surface area is 202 Å². The number of phosphoric acid groups is 2. The van der Waals surface area contributed by atoms with Crippen LogP contribution in [0.1, 0.15) is 24.6 Å². The van der Waals surface area contributed by atoms with Gasteiger partial charge in [-0.1, -0.05) is 0 Å². The van der Waals surface area contributed by atoms with Gasteiger partial charge in [0.2, 0.25) is 0 Å². The van der Waals surface area contributed by atoms with Crippen molar-refractivity contribution in [1.82, 2.24) is 9.55 Å². The van der Waals surface area contributed by atoms with Gasteiger partial charge >= 0.3 is 21.3 Å². The molecule has 0 saturated carbocycles. The zero-order valence-electron chi connectivity index (χ0n) is 18.6. The van der Waals surface area contributed by atoms with E-state index in [0.717, 1.165) is 4.57 Å². The van der Waals surface area contributed by atoms with Crippen molar-refractivity contribution in [2.24, 2.45) is 5.73 Å². The van der Waals surface area contributed by atoms with Gasteiger partial charge in [0.1, 0.15) is 24.5 Å². The Hall–Kier alpha value is -1.34. The number of nitrogens with two attached hydrogens (primary N) is 1. The van der Waals surface area contributed by atoms with Crippen LogP contribution in [0.15, 0.2) is 15.8 Å². The average molecular weight is 563 g/mol. The third-order valence-corrected chi connectivity index (χ3v) is 8.09. The summed E-state index contributed by atoms with van der Waals surface area (Å²) in [5.74, 6) is 0. The van der Waals surface area contributed by atoms with Crippen LogP contribution in [0.25, 0.3) is 0 Å². The number of aliphatic hydroxyl groups is 4. The summed E-state index contributed by atoms with van der Waals surface area (Å²) >= 11 is 0. The lowest BCUT2D eigenvalue weighted by Crippen LogP contribution is -2.66. The number of nitrogens with one attached hydrogen (secondary N) is 1. The van der Waals surface area contributed by atoms with Crippen LogP contribution in [0.3, 0.4) is 0 Å². The van der Waals surface area contributed by atoms with Crippen molar-refractivity contribution in [3.8, 4) is 0 Å². The lowest BCUT2D eigenvalue weighted by atomic mass is 9.95. The summed E-state index contributed by atoms with van der Waals surface area (Å²) < 4.78 is 49.2. The Kier molecular flexibility index (Phi) is 8.77. The molecule has 9 N–H and O–H groups in total. The van der Waals surface area contributed by atoms with E-state index < -0.39 is 89.2 Å². The molecule has 0 bridgehead atoms. The van der Waals surface area contributed by atoms with Gasteiger partial charge in [-0.25, -0.2) is 13.9 Å². The predicted molar refractivity (Wildman–Crippen MR) is 114 cm³/mol. The highest BCUT2D eigenvalue weighted by Crippen LogP contribution is 2.61. The summed E-state index contributed by atoms with van der Waals surface area (Å²) in [5.41, 5.74) is 1.78. The number of rotatable bonds is 9. The van der Waals surface area contributed by atoms with Gasteiger partial charge in [-0.3, -0.25) is 29.1 Å². The minimum absolute atomic E-state index is 0.154. The summed E-state index contributed by atoms with van der Waals surface area (Å²) in [7, 11) is -10.7. The first-order valence-electron chi connectivity index (χ1n) is 10.4. The van der Waals surface area contributed by atoms with Gasteiger partial charge in [-0.2, -0.15) is 4.31 Å². The smallest absolute Gasteiger partial charge is 0.393 e. The van der Waals surface area contributed by atoms with Gasteiger partial charge < -0.3 is 39.7 Å². The van der Waals surface area contributed by atoms with Crippen LogP contribution >= 0.6 is 15.6 Å². The second kappa shape index (κ2) is 10.8. The molecule has 2 fully saturated rings. The molecule has 18 nitrogen and oxygen atoms in total. The van der Waals surface area contributed by atoms with Crippen molar-refractivity contribution in [3.05, 3.63) is 32.6 Å². The molecule has 0 aromatic carbocycles. The first-order chi connectivity index (χ1) is 16.5. The Balaban J connectivity index is 1.58. The quantitative estimate of drug-likeness (QED) is 0.109. The molecule has 1 aromatic rings. The van der Waals surface area contributed by atoms with E-state index in [4.69, 9.17) is 15.2 Å². The zero-order valence-corrected chi connectivity index (χ0v) is 20.4. The van der Waals surface area contributed by atoms with E-state index in [0.29, 0.717) is 0 Å². The fourth-order valence-corrected chi connectivity index (χ4v) is 5.67. The van der Waals surface area contributed by atoms with E-state index in [1.807, 2.05) is 0 Å². The number of H-pyrrole nitrogens is 1. The molecule has 20 heteroatoms. The fourth-order valence-electron chi connectivity index (χ4n) is 3.52. The highest BCUT2D eigenvalue weighted by molar-refractivity contribution is 7.61. The van der Waals surface area contributed by atoms with Crippen molar-refractivity contribution >= 4 is 15.6 Å². The van der Waals surface area contributed by atoms with Crippen LogP contribution in [-0.2, 0) is 32.0 Å². The first-order valence-corrected chi connectivity index (χ1v) is 13.3. The second-order valence-corrected chi connectivity index (χ2v) is 11.2. The molecule has 0 radical (unpaired) electrons. The van der Waals surface area contributed by atoms with Crippen molar-refractivity contribution in [2.75, 3.05) is 13.2 Å². The SMILES string of the molecule is Cc1cn([C@H]2C[C@H](O)[C@@H](COP(=O)(O)OP(=O)(O)O[C@@H]3C[C@@H](O)[C@](N)(O)[C@@H](CO)O3)O2)c(=O)[nH]c1=O. The molecule has 0 spiro atoms. The van der Waals surface area contributed by atoms with Crippen molar-refractivity contribution < 1.29 is 62.2 Å². The van der Waals surface area contributed by atoms with Gasteiger partial charge in [0.25, 0.3) is 5.56 Å². The lowest BCUT2D eigenvalue weighted by molar-refractivity contribution is -0.273. The van der Waals surface area contributed by atoms with Crippen LogP contribution in [0.4, 0.5) is 0 Å². The first kappa shape index (κ1) is 29.2. The Morgan fingerprint density at radius 3 is 2.53 bits per heavy atom. The number of aromatic amines is 1. The third kappa shape index (κ3) is 6.75. The van der Waals surface area contributed by atoms with E-state index in [2.05, 4.69) is 18.3 Å². The van der Waals surface area contributed by atoms with Crippen molar-refractivity contribution in [3.63, 3.8) is 0 Å². The van der Waals surface area contributed by atoms with Crippen molar-refractivity contribution in [2.45, 2.75) is 62.4 Å². The van der Waals surface area contributed by atoms with E-state index >= 15 is 0 Å². The Bertz CT molecular complexity index is 1150. The maximum absolute atomic E-state index is 12.2. The maximum Gasteiger partial charge on any atom is 0.483 e. The summed E-state index contributed by atoms with van der Waals surface area (Å²) in [4.78, 5) is 45.2. The predicted octanol–water partition coefficient (Wildman–Crippen LogP) is -3.14. The molecule has 2 unspecified atom stereocenters. The molecule has 3 rings (SSSR count). The number of phosphoric ester groups is 2.